The van der Waals surface area contributed by atoms with Gasteiger partial charge in [-0.15, -0.1) is 0 Å². The second-order valence-corrected chi connectivity index (χ2v) is 6.55. The van der Waals surface area contributed by atoms with Crippen LogP contribution in [0.2, 0.25) is 10.0 Å². The maximum absolute atomic E-state index is 12.2. The summed E-state index contributed by atoms with van der Waals surface area (Å²) in [5, 5.41) is 5.52. The van der Waals surface area contributed by atoms with Crippen molar-refractivity contribution in [3.05, 3.63) is 64.1 Å². The number of carbonyl (C=O) groups excluding carboxylic acids is 1. The number of nitrogens with one attached hydrogen (secondary N) is 1. The van der Waals surface area contributed by atoms with Crippen LogP contribution in [0.4, 0.5) is 5.69 Å². The van der Waals surface area contributed by atoms with Gasteiger partial charge >= 0.3 is 0 Å². The van der Waals surface area contributed by atoms with Crippen LogP contribution in [-0.2, 0) is 4.79 Å². The van der Waals surface area contributed by atoms with Gasteiger partial charge in [0.25, 0.3) is 5.91 Å². The zero-order valence-electron chi connectivity index (χ0n) is 14.3. The first kappa shape index (κ1) is 18.4. The molecule has 26 heavy (non-hydrogen) atoms. The van der Waals surface area contributed by atoms with E-state index in [2.05, 4.69) is 5.32 Å². The highest BCUT2D eigenvalue weighted by atomic mass is 35.5. The van der Waals surface area contributed by atoms with E-state index < -0.39 is 0 Å². The standard InChI is InChI=1S/C20H17Cl2NO3/c1-12-3-8-17(21)20(19(12)22)23-18(24)11-26-16-7-5-13-4-6-15(25-2)9-14(13)10-16/h3-10H,11H2,1-2H3,(H,23,24). The molecule has 0 aliphatic carbocycles. The Morgan fingerprint density at radius 3 is 2.42 bits per heavy atom. The lowest BCUT2D eigenvalue weighted by atomic mass is 10.1. The Kier molecular flexibility index (Phi) is 5.55. The highest BCUT2D eigenvalue weighted by Gasteiger charge is 2.12. The van der Waals surface area contributed by atoms with Gasteiger partial charge in [-0.1, -0.05) is 41.4 Å². The highest BCUT2D eigenvalue weighted by Crippen LogP contribution is 2.33. The summed E-state index contributed by atoms with van der Waals surface area (Å²) in [6, 6.07) is 14.9. The molecule has 0 radical (unpaired) electrons. The van der Waals surface area contributed by atoms with Crippen LogP contribution < -0.4 is 14.8 Å². The fraction of sp³-hybridized carbons (Fsp3) is 0.150. The molecule has 0 heterocycles. The van der Waals surface area contributed by atoms with Crippen molar-refractivity contribution in [3.8, 4) is 11.5 Å². The average molecular weight is 390 g/mol. The lowest BCUT2D eigenvalue weighted by Crippen LogP contribution is -2.20. The van der Waals surface area contributed by atoms with Crippen LogP contribution in [0, 0.1) is 6.92 Å². The molecule has 1 N–H and O–H groups in total. The van der Waals surface area contributed by atoms with Gasteiger partial charge in [-0.05, 0) is 53.6 Å². The normalized spacial score (nSPS) is 10.6. The van der Waals surface area contributed by atoms with Gasteiger partial charge in [0.2, 0.25) is 0 Å². The van der Waals surface area contributed by atoms with E-state index >= 15 is 0 Å². The molecule has 0 aromatic heterocycles. The molecule has 3 rings (SSSR count). The van der Waals surface area contributed by atoms with Gasteiger partial charge in [-0.2, -0.15) is 0 Å². The second kappa shape index (κ2) is 7.85. The van der Waals surface area contributed by atoms with Gasteiger partial charge in [-0.25, -0.2) is 0 Å². The molecule has 0 spiro atoms. The minimum Gasteiger partial charge on any atom is -0.497 e. The molecule has 0 bridgehead atoms. The van der Waals surface area contributed by atoms with Crippen molar-refractivity contribution in [1.29, 1.82) is 0 Å². The van der Waals surface area contributed by atoms with Crippen LogP contribution in [0.5, 0.6) is 11.5 Å². The summed E-state index contributed by atoms with van der Waals surface area (Å²) in [7, 11) is 1.62. The monoisotopic (exact) mass is 389 g/mol. The Morgan fingerprint density at radius 2 is 1.69 bits per heavy atom. The summed E-state index contributed by atoms with van der Waals surface area (Å²) in [6.45, 7) is 1.68. The summed E-state index contributed by atoms with van der Waals surface area (Å²) in [4.78, 5) is 12.2. The quantitative estimate of drug-likeness (QED) is 0.628. The molecular weight excluding hydrogens is 373 g/mol. The van der Waals surface area contributed by atoms with E-state index in [1.54, 1.807) is 19.2 Å². The molecule has 0 unspecified atom stereocenters. The lowest BCUT2D eigenvalue weighted by molar-refractivity contribution is -0.118. The van der Waals surface area contributed by atoms with Crippen LogP contribution in [0.15, 0.2) is 48.5 Å². The zero-order valence-corrected chi connectivity index (χ0v) is 15.8. The fourth-order valence-electron chi connectivity index (χ4n) is 2.52. The predicted molar refractivity (Wildman–Crippen MR) is 106 cm³/mol. The Bertz CT molecular complexity index is 973. The summed E-state index contributed by atoms with van der Waals surface area (Å²) in [6.07, 6.45) is 0. The number of halogens is 2. The van der Waals surface area contributed by atoms with E-state index in [1.165, 1.54) is 0 Å². The molecule has 0 aliphatic rings. The van der Waals surface area contributed by atoms with E-state index in [4.69, 9.17) is 32.7 Å². The number of methoxy groups -OCH3 is 1. The number of benzene rings is 3. The SMILES string of the molecule is COc1ccc2ccc(OCC(=O)Nc3c(Cl)ccc(C)c3Cl)cc2c1. The molecule has 1 amide bonds. The number of hydrogen-bond acceptors (Lipinski definition) is 3. The molecule has 0 fully saturated rings. The summed E-state index contributed by atoms with van der Waals surface area (Å²) >= 11 is 12.3. The van der Waals surface area contributed by atoms with Crippen molar-refractivity contribution < 1.29 is 14.3 Å². The number of fused-ring (bicyclic) bond motifs is 1. The maximum Gasteiger partial charge on any atom is 0.262 e. The number of rotatable bonds is 5. The van der Waals surface area contributed by atoms with Crippen molar-refractivity contribution in [2.75, 3.05) is 19.0 Å². The van der Waals surface area contributed by atoms with Gasteiger partial charge < -0.3 is 14.8 Å². The van der Waals surface area contributed by atoms with Crippen molar-refractivity contribution in [2.24, 2.45) is 0 Å². The second-order valence-electron chi connectivity index (χ2n) is 5.77. The van der Waals surface area contributed by atoms with Crippen molar-refractivity contribution in [1.82, 2.24) is 0 Å². The largest absolute Gasteiger partial charge is 0.497 e. The van der Waals surface area contributed by atoms with Crippen LogP contribution in [-0.4, -0.2) is 19.6 Å². The Hall–Kier alpha value is -2.43. The minimum atomic E-state index is -0.342. The summed E-state index contributed by atoms with van der Waals surface area (Å²) < 4.78 is 10.8. The number of amides is 1. The first-order chi connectivity index (χ1) is 12.5. The molecule has 0 atom stereocenters. The minimum absolute atomic E-state index is 0.157. The number of aryl methyl sites for hydroxylation is 1. The zero-order chi connectivity index (χ0) is 18.7. The molecule has 3 aromatic rings. The highest BCUT2D eigenvalue weighted by molar-refractivity contribution is 6.40. The molecule has 4 nitrogen and oxygen atoms in total. The number of anilines is 1. The Labute approximate surface area is 161 Å². The number of ether oxygens (including phenoxy) is 2. The smallest absolute Gasteiger partial charge is 0.262 e. The van der Waals surface area contributed by atoms with Gasteiger partial charge in [0.05, 0.1) is 22.8 Å². The van der Waals surface area contributed by atoms with E-state index in [-0.39, 0.29) is 12.5 Å². The van der Waals surface area contributed by atoms with Crippen molar-refractivity contribution >= 4 is 45.6 Å². The van der Waals surface area contributed by atoms with E-state index in [1.807, 2.05) is 43.3 Å². The lowest BCUT2D eigenvalue weighted by Gasteiger charge is -2.12. The van der Waals surface area contributed by atoms with Gasteiger partial charge in [0.1, 0.15) is 11.5 Å². The molecule has 0 aliphatic heterocycles. The maximum atomic E-state index is 12.2. The Balaban J connectivity index is 1.70. The summed E-state index contributed by atoms with van der Waals surface area (Å²) in [5.41, 5.74) is 1.22. The third-order valence-electron chi connectivity index (χ3n) is 3.94. The van der Waals surface area contributed by atoms with Crippen LogP contribution in [0.1, 0.15) is 5.56 Å². The molecule has 134 valence electrons. The van der Waals surface area contributed by atoms with Crippen LogP contribution in [0.3, 0.4) is 0 Å². The van der Waals surface area contributed by atoms with E-state index in [0.29, 0.717) is 21.5 Å². The molecule has 0 saturated carbocycles. The van der Waals surface area contributed by atoms with E-state index in [9.17, 15) is 4.79 Å². The third kappa shape index (κ3) is 4.03. The number of carbonyl (C=O) groups is 1. The van der Waals surface area contributed by atoms with Crippen LogP contribution in [0.25, 0.3) is 10.8 Å². The molecule has 6 heteroatoms. The van der Waals surface area contributed by atoms with Crippen molar-refractivity contribution in [2.45, 2.75) is 6.92 Å². The fourth-order valence-corrected chi connectivity index (χ4v) is 2.98. The van der Waals surface area contributed by atoms with Gasteiger partial charge in [-0.3, -0.25) is 4.79 Å². The number of hydrogen-bond donors (Lipinski definition) is 1. The molecule has 3 aromatic carbocycles. The first-order valence-corrected chi connectivity index (χ1v) is 8.68. The molecular formula is C20H17Cl2NO3. The van der Waals surface area contributed by atoms with Crippen LogP contribution >= 0.6 is 23.2 Å². The predicted octanol–water partition coefficient (Wildman–Crippen LogP) is 5.48. The van der Waals surface area contributed by atoms with Gasteiger partial charge in [0.15, 0.2) is 6.61 Å². The van der Waals surface area contributed by atoms with Crippen molar-refractivity contribution in [3.63, 3.8) is 0 Å². The van der Waals surface area contributed by atoms with Gasteiger partial charge in [0, 0.05) is 0 Å². The first-order valence-electron chi connectivity index (χ1n) is 7.93. The molecule has 0 saturated heterocycles. The summed E-state index contributed by atoms with van der Waals surface area (Å²) in [5.74, 6) is 1.00. The van der Waals surface area contributed by atoms with E-state index in [0.717, 1.165) is 22.1 Å². The topological polar surface area (TPSA) is 47.6 Å². The average Bonchev–Trinajstić information content (AvgIpc) is 2.66. The third-order valence-corrected chi connectivity index (χ3v) is 4.74. The Morgan fingerprint density at radius 1 is 1.00 bits per heavy atom.